The lowest BCUT2D eigenvalue weighted by Crippen LogP contribution is -2.33. The maximum Gasteiger partial charge on any atom is 0.162 e. The van der Waals surface area contributed by atoms with Gasteiger partial charge in [0, 0.05) is 62.5 Å². The number of ketones is 1. The molecule has 0 saturated carbocycles. The van der Waals surface area contributed by atoms with Gasteiger partial charge in [-0.15, -0.1) is 0 Å². The van der Waals surface area contributed by atoms with Crippen molar-refractivity contribution in [3.05, 3.63) is 117 Å². The first-order chi connectivity index (χ1) is 18.8. The molecule has 2 heterocycles. The third-order valence-corrected chi connectivity index (χ3v) is 8.81. The molecule has 0 bridgehead atoms. The molecule has 0 saturated heterocycles. The number of carbonyl (C=O) groups is 1. The van der Waals surface area contributed by atoms with Crippen molar-refractivity contribution in [3.63, 3.8) is 0 Å². The number of hydrogen-bond acceptors (Lipinski definition) is 2. The number of aromatic nitrogens is 1. The SMILES string of the molecule is CC1(C)CC(=O)C2=C(C1)c1c(ccc3ccccc13)N[C@H]2c1cn(Cc2ccc(Cl)cc2Cl)c2ccccc12. The molecule has 194 valence electrons. The fourth-order valence-electron chi connectivity index (χ4n) is 6.54. The highest BCUT2D eigenvalue weighted by Crippen LogP contribution is 2.52. The minimum Gasteiger partial charge on any atom is -0.373 e. The number of para-hydroxylation sites is 1. The first kappa shape index (κ1) is 24.5. The first-order valence-electron chi connectivity index (χ1n) is 13.4. The Hall–Kier alpha value is -3.53. The Labute approximate surface area is 238 Å². The number of nitrogens with zero attached hydrogens (tertiary/aromatic N) is 1. The quantitative estimate of drug-likeness (QED) is 0.242. The number of halogens is 2. The molecule has 7 rings (SSSR count). The van der Waals surface area contributed by atoms with Crippen molar-refractivity contribution < 1.29 is 4.79 Å². The second-order valence-corrected chi connectivity index (χ2v) is 12.4. The van der Waals surface area contributed by atoms with Crippen LogP contribution < -0.4 is 5.32 Å². The van der Waals surface area contributed by atoms with E-state index in [0.29, 0.717) is 23.0 Å². The van der Waals surface area contributed by atoms with Crippen LogP contribution in [0.2, 0.25) is 10.0 Å². The summed E-state index contributed by atoms with van der Waals surface area (Å²) in [5, 5.41) is 8.60. The third kappa shape index (κ3) is 4.07. The normalized spacial score (nSPS) is 18.3. The number of fused-ring (bicyclic) bond motifs is 5. The molecular weight excluding hydrogens is 523 g/mol. The molecule has 3 nitrogen and oxygen atoms in total. The summed E-state index contributed by atoms with van der Waals surface area (Å²) in [6.07, 6.45) is 3.60. The summed E-state index contributed by atoms with van der Waals surface area (Å²) in [5.41, 5.74) is 7.47. The van der Waals surface area contributed by atoms with Crippen molar-refractivity contribution in [1.82, 2.24) is 4.57 Å². The van der Waals surface area contributed by atoms with E-state index in [1.54, 1.807) is 6.07 Å². The fourth-order valence-corrected chi connectivity index (χ4v) is 7.01. The summed E-state index contributed by atoms with van der Waals surface area (Å²) in [5.74, 6) is 0.231. The summed E-state index contributed by atoms with van der Waals surface area (Å²) < 4.78 is 2.23. The van der Waals surface area contributed by atoms with Gasteiger partial charge in [-0.2, -0.15) is 0 Å². The van der Waals surface area contributed by atoms with E-state index >= 15 is 0 Å². The van der Waals surface area contributed by atoms with Crippen molar-refractivity contribution in [2.75, 3.05) is 5.32 Å². The molecule has 0 fully saturated rings. The third-order valence-electron chi connectivity index (χ3n) is 8.23. The number of allylic oxidation sites excluding steroid dienone is 1. The molecule has 1 atom stereocenters. The van der Waals surface area contributed by atoms with E-state index in [2.05, 4.69) is 90.6 Å². The van der Waals surface area contributed by atoms with E-state index in [0.717, 1.165) is 39.7 Å². The van der Waals surface area contributed by atoms with Crippen molar-refractivity contribution >= 4 is 61.9 Å². The van der Waals surface area contributed by atoms with Gasteiger partial charge >= 0.3 is 0 Å². The highest BCUT2D eigenvalue weighted by atomic mass is 35.5. The maximum atomic E-state index is 13.9. The van der Waals surface area contributed by atoms with Gasteiger partial charge in [-0.05, 0) is 58.0 Å². The first-order valence-corrected chi connectivity index (χ1v) is 14.1. The Morgan fingerprint density at radius 3 is 2.51 bits per heavy atom. The summed E-state index contributed by atoms with van der Waals surface area (Å²) in [6, 6.07) is 26.6. The van der Waals surface area contributed by atoms with Crippen LogP contribution in [0.4, 0.5) is 5.69 Å². The van der Waals surface area contributed by atoms with Crippen LogP contribution in [-0.4, -0.2) is 10.4 Å². The number of hydrogen-bond donors (Lipinski definition) is 1. The van der Waals surface area contributed by atoms with Crippen LogP contribution >= 0.6 is 23.2 Å². The molecule has 1 aliphatic heterocycles. The van der Waals surface area contributed by atoms with Gasteiger partial charge in [0.2, 0.25) is 0 Å². The molecule has 0 radical (unpaired) electrons. The van der Waals surface area contributed by atoms with E-state index in [1.165, 1.54) is 21.9 Å². The zero-order valence-electron chi connectivity index (χ0n) is 21.9. The molecule has 0 spiro atoms. The molecular formula is C34H28Cl2N2O. The topological polar surface area (TPSA) is 34.0 Å². The van der Waals surface area contributed by atoms with E-state index in [4.69, 9.17) is 23.2 Å². The molecule has 1 aromatic heterocycles. The van der Waals surface area contributed by atoms with E-state index in [1.807, 2.05) is 12.1 Å². The predicted octanol–water partition coefficient (Wildman–Crippen LogP) is 9.46. The van der Waals surface area contributed by atoms with E-state index < -0.39 is 0 Å². The Kier molecular flexibility index (Phi) is 5.66. The molecule has 2 aliphatic rings. The van der Waals surface area contributed by atoms with Crippen molar-refractivity contribution in [3.8, 4) is 0 Å². The highest BCUT2D eigenvalue weighted by Gasteiger charge is 2.41. The molecule has 5 heteroatoms. The molecule has 5 aromatic rings. The lowest BCUT2D eigenvalue weighted by Gasteiger charge is -2.40. The van der Waals surface area contributed by atoms with Gasteiger partial charge in [-0.1, -0.05) is 91.6 Å². The monoisotopic (exact) mass is 550 g/mol. The lowest BCUT2D eigenvalue weighted by atomic mass is 9.68. The van der Waals surface area contributed by atoms with Gasteiger partial charge in [0.1, 0.15) is 0 Å². The van der Waals surface area contributed by atoms with Gasteiger partial charge in [0.05, 0.1) is 6.04 Å². The number of benzene rings is 4. The Morgan fingerprint density at radius 1 is 0.923 bits per heavy atom. The number of nitrogens with one attached hydrogen (secondary N) is 1. The van der Waals surface area contributed by atoms with Crippen molar-refractivity contribution in [2.45, 2.75) is 39.3 Å². The van der Waals surface area contributed by atoms with Gasteiger partial charge in [-0.25, -0.2) is 0 Å². The van der Waals surface area contributed by atoms with Crippen molar-refractivity contribution in [1.29, 1.82) is 0 Å². The predicted molar refractivity (Wildman–Crippen MR) is 163 cm³/mol. The zero-order chi connectivity index (χ0) is 26.9. The minimum atomic E-state index is -0.232. The van der Waals surface area contributed by atoms with Crippen LogP contribution in [0.3, 0.4) is 0 Å². The standard InChI is InChI=1S/C34H28Cl2N2O/c1-34(2)16-25-31-23-8-4-3-7-20(23)12-14-28(31)37-33(32(25)30(39)17-34)26-19-38(29-10-6-5-9-24(26)29)18-21-11-13-22(35)15-27(21)36/h3-15,19,33,37H,16-18H2,1-2H3/t33-/m0/s1. The van der Waals surface area contributed by atoms with Gasteiger partial charge in [0.25, 0.3) is 0 Å². The van der Waals surface area contributed by atoms with E-state index in [-0.39, 0.29) is 17.2 Å². The fraction of sp³-hybridized carbons (Fsp3) is 0.206. The summed E-state index contributed by atoms with van der Waals surface area (Å²) in [4.78, 5) is 13.9. The summed E-state index contributed by atoms with van der Waals surface area (Å²) in [7, 11) is 0. The summed E-state index contributed by atoms with van der Waals surface area (Å²) in [6.45, 7) is 5.02. The largest absolute Gasteiger partial charge is 0.373 e. The molecule has 1 N–H and O–H groups in total. The van der Waals surface area contributed by atoms with Gasteiger partial charge in [0.15, 0.2) is 5.78 Å². The van der Waals surface area contributed by atoms with Crippen LogP contribution in [-0.2, 0) is 11.3 Å². The Bertz CT molecular complexity index is 1850. The number of anilines is 1. The molecule has 0 unspecified atom stereocenters. The van der Waals surface area contributed by atoms with Crippen LogP contribution in [0.1, 0.15) is 49.4 Å². The zero-order valence-corrected chi connectivity index (χ0v) is 23.4. The van der Waals surface area contributed by atoms with Gasteiger partial charge in [-0.3, -0.25) is 4.79 Å². The van der Waals surface area contributed by atoms with Gasteiger partial charge < -0.3 is 9.88 Å². The number of carbonyl (C=O) groups excluding carboxylic acids is 1. The average molecular weight is 552 g/mol. The smallest absolute Gasteiger partial charge is 0.162 e. The van der Waals surface area contributed by atoms with Crippen LogP contribution in [0, 0.1) is 5.41 Å². The van der Waals surface area contributed by atoms with Crippen molar-refractivity contribution in [2.24, 2.45) is 5.41 Å². The number of rotatable bonds is 3. The van der Waals surface area contributed by atoms with Crippen LogP contribution in [0.5, 0.6) is 0 Å². The molecule has 39 heavy (non-hydrogen) atoms. The van der Waals surface area contributed by atoms with E-state index in [9.17, 15) is 4.79 Å². The molecule has 4 aromatic carbocycles. The second kappa shape index (κ2) is 9.01. The molecule has 1 aliphatic carbocycles. The lowest BCUT2D eigenvalue weighted by molar-refractivity contribution is -0.118. The Morgan fingerprint density at radius 2 is 1.69 bits per heavy atom. The number of Topliss-reactive ketones (excluding diaryl/α,β-unsaturated/α-hetero) is 1. The summed E-state index contributed by atoms with van der Waals surface area (Å²) >= 11 is 12.7. The highest BCUT2D eigenvalue weighted by molar-refractivity contribution is 6.35. The van der Waals surface area contributed by atoms with Crippen LogP contribution in [0.15, 0.2) is 90.6 Å². The molecule has 0 amide bonds. The van der Waals surface area contributed by atoms with Crippen LogP contribution in [0.25, 0.3) is 27.2 Å². The maximum absolute atomic E-state index is 13.9. The second-order valence-electron chi connectivity index (χ2n) is 11.6. The Balaban J connectivity index is 1.44. The minimum absolute atomic E-state index is 0.0919. The average Bonchev–Trinajstić information content (AvgIpc) is 3.27.